The molecule has 16 heteroatoms. The molecule has 0 radical (unpaired) electrons. The number of aliphatic hydroxyl groups excluding tert-OH is 1. The lowest BCUT2D eigenvalue weighted by atomic mass is 10.2. The number of aliphatic hydroxyl groups is 1. The van der Waals surface area contributed by atoms with E-state index in [0.29, 0.717) is 17.0 Å². The van der Waals surface area contributed by atoms with Crippen LogP contribution in [-0.4, -0.2) is 74.0 Å². The van der Waals surface area contributed by atoms with Crippen molar-refractivity contribution in [3.63, 3.8) is 0 Å². The number of nitrogen functional groups attached to an aromatic ring is 1. The fraction of sp³-hybridized carbons (Fsp3) is 0.478. The Morgan fingerprint density at radius 2 is 2.00 bits per heavy atom. The number of rotatable bonds is 11. The number of aromatic nitrogens is 4. The highest BCUT2D eigenvalue weighted by Gasteiger charge is 2.46. The van der Waals surface area contributed by atoms with Crippen molar-refractivity contribution in [3.05, 3.63) is 36.7 Å². The van der Waals surface area contributed by atoms with Crippen LogP contribution in [0.1, 0.15) is 27.0 Å². The zero-order valence-corrected chi connectivity index (χ0v) is 23.4. The van der Waals surface area contributed by atoms with Crippen LogP contribution >= 0.6 is 19.3 Å². The van der Waals surface area contributed by atoms with Crippen molar-refractivity contribution >= 4 is 48.2 Å². The number of alkyl halides is 1. The first kappa shape index (κ1) is 29.0. The summed E-state index contributed by atoms with van der Waals surface area (Å²) < 4.78 is 37.7. The van der Waals surface area contributed by atoms with Crippen molar-refractivity contribution in [1.82, 2.24) is 24.6 Å². The van der Waals surface area contributed by atoms with Crippen molar-refractivity contribution in [2.24, 2.45) is 0 Å². The zero-order valence-electron chi connectivity index (χ0n) is 21.7. The molecule has 14 nitrogen and oxygen atoms in total. The van der Waals surface area contributed by atoms with Gasteiger partial charge in [0.2, 0.25) is 5.95 Å². The van der Waals surface area contributed by atoms with Gasteiger partial charge in [0, 0.05) is 7.05 Å². The fourth-order valence-corrected chi connectivity index (χ4v) is 5.71. The van der Waals surface area contributed by atoms with E-state index < -0.39 is 50.2 Å². The topological polar surface area (TPSA) is 185 Å². The van der Waals surface area contributed by atoms with E-state index in [1.165, 1.54) is 17.8 Å². The maximum Gasteiger partial charge on any atom is 0.459 e. The lowest BCUT2D eigenvalue weighted by Gasteiger charge is -2.25. The Kier molecular flexibility index (Phi) is 8.94. The molecule has 3 aromatic rings. The Morgan fingerprint density at radius 3 is 2.67 bits per heavy atom. The van der Waals surface area contributed by atoms with Gasteiger partial charge in [0.05, 0.1) is 19.0 Å². The van der Waals surface area contributed by atoms with E-state index >= 15 is 0 Å². The van der Waals surface area contributed by atoms with Gasteiger partial charge in [-0.2, -0.15) is 15.1 Å². The highest BCUT2D eigenvalue weighted by Crippen LogP contribution is 2.46. The first-order valence-electron chi connectivity index (χ1n) is 12.1. The third-order valence-electron chi connectivity index (χ3n) is 5.68. The Labute approximate surface area is 229 Å². The number of hydrogen-bond donors (Lipinski definition) is 4. The highest BCUT2D eigenvalue weighted by molar-refractivity contribution is 7.52. The Bertz CT molecular complexity index is 1350. The lowest BCUT2D eigenvalue weighted by molar-refractivity contribution is -0.149. The molecule has 0 saturated carbocycles. The van der Waals surface area contributed by atoms with E-state index in [-0.39, 0.29) is 17.8 Å². The van der Waals surface area contributed by atoms with Crippen LogP contribution in [0.3, 0.4) is 0 Å². The summed E-state index contributed by atoms with van der Waals surface area (Å²) in [5.41, 5.74) is 6.60. The lowest BCUT2D eigenvalue weighted by Crippen LogP contribution is -2.37. The van der Waals surface area contributed by atoms with E-state index in [9.17, 15) is 14.5 Å². The largest absolute Gasteiger partial charge is 0.462 e. The third kappa shape index (κ3) is 6.60. The maximum atomic E-state index is 13.7. The summed E-state index contributed by atoms with van der Waals surface area (Å²) >= 11 is 6.54. The number of para-hydroxylation sites is 1. The standard InChI is InChI=1S/C23H31ClN7O7P/c1-12(2)36-22(33)13(3)30-39(34,38-14-8-6-5-7-9-14)35-10-15-18(32)16(24)21(37-15)31-11-27-17-19(26-4)28-23(25)29-20(17)31/h5-9,11-13,15-16,18,21,32H,10H2,1-4H3,(H,30,34)(H3,25,26,28,29)/t13-,15+,16-,18+,21+,39?/m0/s1. The number of carbonyl (C=O) groups is 1. The van der Waals surface area contributed by atoms with E-state index in [1.807, 2.05) is 0 Å². The van der Waals surface area contributed by atoms with Crippen molar-refractivity contribution in [3.8, 4) is 5.75 Å². The molecule has 0 aliphatic carbocycles. The Morgan fingerprint density at radius 1 is 1.28 bits per heavy atom. The number of benzene rings is 1. The molecule has 1 aliphatic rings. The van der Waals surface area contributed by atoms with Gasteiger partial charge in [-0.1, -0.05) is 18.2 Å². The predicted octanol–water partition coefficient (Wildman–Crippen LogP) is 2.45. The fourth-order valence-electron chi connectivity index (χ4n) is 3.87. The van der Waals surface area contributed by atoms with E-state index in [1.54, 1.807) is 51.2 Å². The van der Waals surface area contributed by atoms with Crippen molar-refractivity contribution in [2.45, 2.75) is 56.7 Å². The molecule has 6 atom stereocenters. The number of carbonyl (C=O) groups excluding carboxylic acids is 1. The van der Waals surface area contributed by atoms with Gasteiger partial charge < -0.3 is 30.2 Å². The molecular weight excluding hydrogens is 553 g/mol. The highest BCUT2D eigenvalue weighted by atomic mass is 35.5. The van der Waals surface area contributed by atoms with Crippen LogP contribution in [0.2, 0.25) is 0 Å². The molecule has 1 aliphatic heterocycles. The van der Waals surface area contributed by atoms with Crippen LogP contribution in [0.15, 0.2) is 36.7 Å². The van der Waals surface area contributed by atoms with Gasteiger partial charge in [-0.3, -0.25) is 13.9 Å². The van der Waals surface area contributed by atoms with Crippen LogP contribution in [0, 0.1) is 0 Å². The summed E-state index contributed by atoms with van der Waals surface area (Å²) in [4.78, 5) is 25.0. The minimum atomic E-state index is -4.18. The van der Waals surface area contributed by atoms with Crippen LogP contribution < -0.4 is 20.7 Å². The number of halogens is 1. The molecule has 3 heterocycles. The quantitative estimate of drug-likeness (QED) is 0.147. The predicted molar refractivity (Wildman–Crippen MR) is 143 cm³/mol. The smallest absolute Gasteiger partial charge is 0.459 e. The minimum absolute atomic E-state index is 0.00772. The molecule has 5 N–H and O–H groups in total. The first-order valence-corrected chi connectivity index (χ1v) is 14.1. The van der Waals surface area contributed by atoms with Crippen molar-refractivity contribution in [1.29, 1.82) is 0 Å². The van der Waals surface area contributed by atoms with Gasteiger partial charge in [-0.15, -0.1) is 11.6 Å². The molecule has 0 bridgehead atoms. The second-order valence-electron chi connectivity index (χ2n) is 9.04. The Balaban J connectivity index is 1.52. The van der Waals surface area contributed by atoms with E-state index in [0.717, 1.165) is 0 Å². The third-order valence-corrected chi connectivity index (χ3v) is 7.80. The summed E-state index contributed by atoms with van der Waals surface area (Å²) in [5, 5.41) is 15.4. The number of nitrogens with zero attached hydrogens (tertiary/aromatic N) is 4. The molecule has 0 amide bonds. The monoisotopic (exact) mass is 583 g/mol. The number of imidazole rings is 1. The van der Waals surface area contributed by atoms with Gasteiger partial charge in [0.1, 0.15) is 29.4 Å². The summed E-state index contributed by atoms with van der Waals surface area (Å²) in [7, 11) is -2.51. The normalized spacial score (nSPS) is 23.5. The second kappa shape index (κ2) is 12.0. The van der Waals surface area contributed by atoms with Crippen LogP contribution in [0.5, 0.6) is 5.75 Å². The first-order chi connectivity index (χ1) is 18.5. The summed E-state index contributed by atoms with van der Waals surface area (Å²) in [6.45, 7) is 4.47. The van der Waals surface area contributed by atoms with Gasteiger partial charge in [0.15, 0.2) is 23.2 Å². The van der Waals surface area contributed by atoms with E-state index in [2.05, 4.69) is 25.4 Å². The Hall–Kier alpha value is -3.00. The summed E-state index contributed by atoms with van der Waals surface area (Å²) in [6.07, 6.45) is -2.10. The molecule has 0 spiro atoms. The molecule has 1 aromatic carbocycles. The molecule has 1 unspecified atom stereocenters. The summed E-state index contributed by atoms with van der Waals surface area (Å²) in [6, 6.07) is 7.27. The molecule has 212 valence electrons. The average Bonchev–Trinajstić information content (AvgIpc) is 3.42. The molecule has 2 aromatic heterocycles. The molecule has 4 rings (SSSR count). The molecule has 1 fully saturated rings. The van der Waals surface area contributed by atoms with E-state index in [4.69, 9.17) is 35.9 Å². The molecular formula is C23H31ClN7O7P. The minimum Gasteiger partial charge on any atom is -0.462 e. The summed E-state index contributed by atoms with van der Waals surface area (Å²) in [5.74, 6) is 0.0169. The molecule has 1 saturated heterocycles. The van der Waals surface area contributed by atoms with Crippen molar-refractivity contribution < 1.29 is 33.0 Å². The zero-order chi connectivity index (χ0) is 28.3. The van der Waals surface area contributed by atoms with Gasteiger partial charge in [-0.25, -0.2) is 9.55 Å². The number of hydrogen-bond acceptors (Lipinski definition) is 12. The van der Waals surface area contributed by atoms with Gasteiger partial charge >= 0.3 is 13.7 Å². The SMILES string of the molecule is CNc1nc(N)nc2c1ncn2[C@@H]1O[C@H](COP(=O)(N[C@@H](C)C(=O)OC(C)C)Oc2ccccc2)[C@@H](O)[C@@H]1Cl. The van der Waals surface area contributed by atoms with Gasteiger partial charge in [0.25, 0.3) is 0 Å². The number of nitrogens with two attached hydrogens (primary N) is 1. The van der Waals surface area contributed by atoms with Crippen LogP contribution in [0.4, 0.5) is 11.8 Å². The number of nitrogens with one attached hydrogen (secondary N) is 2. The number of fused-ring (bicyclic) bond motifs is 1. The second-order valence-corrected chi connectivity index (χ2v) is 11.2. The number of esters is 1. The maximum absolute atomic E-state index is 13.7. The number of ether oxygens (including phenoxy) is 2. The van der Waals surface area contributed by atoms with Gasteiger partial charge in [-0.05, 0) is 32.9 Å². The number of anilines is 2. The van der Waals surface area contributed by atoms with Crippen molar-refractivity contribution in [2.75, 3.05) is 24.7 Å². The molecule has 39 heavy (non-hydrogen) atoms. The average molecular weight is 584 g/mol. The van der Waals surface area contributed by atoms with Crippen LogP contribution in [0.25, 0.3) is 11.2 Å². The van der Waals surface area contributed by atoms with Crippen LogP contribution in [-0.2, 0) is 23.4 Å².